The highest BCUT2D eigenvalue weighted by Gasteiger charge is 2.17. The van der Waals surface area contributed by atoms with Crippen LogP contribution in [0.25, 0.3) is 0 Å². The number of hydrogen-bond donors (Lipinski definition) is 2. The van der Waals surface area contributed by atoms with Gasteiger partial charge in [-0.3, -0.25) is 0 Å². The molecule has 1 heterocycles. The van der Waals surface area contributed by atoms with Gasteiger partial charge in [0.15, 0.2) is 0 Å². The van der Waals surface area contributed by atoms with E-state index in [9.17, 15) is 4.79 Å². The number of piperidine rings is 1. The van der Waals surface area contributed by atoms with Gasteiger partial charge >= 0.3 is 6.09 Å². The molecule has 1 aliphatic rings. The number of benzene rings is 1. The number of hydrogen-bond acceptors (Lipinski definition) is 5. The average molecular weight is 279 g/mol. The van der Waals surface area contributed by atoms with Crippen LogP contribution in [0, 0.1) is 0 Å². The lowest BCUT2D eigenvalue weighted by molar-refractivity contribution is 0.0477. The van der Waals surface area contributed by atoms with Gasteiger partial charge in [-0.15, -0.1) is 5.48 Å². The molecule has 0 unspecified atom stereocenters. The van der Waals surface area contributed by atoms with E-state index in [4.69, 9.17) is 15.3 Å². The zero-order valence-electron chi connectivity index (χ0n) is 11.7. The Balaban J connectivity index is 1.79. The number of rotatable bonds is 4. The number of ether oxygens (including phenoxy) is 1. The van der Waals surface area contributed by atoms with E-state index in [1.807, 2.05) is 12.1 Å². The highest BCUT2D eigenvalue weighted by Crippen LogP contribution is 2.21. The van der Waals surface area contributed by atoms with Crippen molar-refractivity contribution in [2.75, 3.05) is 25.9 Å². The Labute approximate surface area is 118 Å². The third-order valence-corrected chi connectivity index (χ3v) is 3.35. The highest BCUT2D eigenvalue weighted by atomic mass is 16.7. The van der Waals surface area contributed by atoms with Crippen LogP contribution in [0.15, 0.2) is 18.2 Å². The Bertz CT molecular complexity index is 459. The maximum Gasteiger partial charge on any atom is 0.428 e. The van der Waals surface area contributed by atoms with Gasteiger partial charge in [-0.05, 0) is 37.0 Å². The second kappa shape index (κ2) is 7.00. The van der Waals surface area contributed by atoms with Crippen LogP contribution in [0.5, 0.6) is 5.75 Å². The van der Waals surface area contributed by atoms with Crippen LogP contribution in [-0.4, -0.2) is 31.2 Å². The van der Waals surface area contributed by atoms with Crippen LogP contribution in [0.2, 0.25) is 0 Å². The Morgan fingerprint density at radius 1 is 1.35 bits per heavy atom. The summed E-state index contributed by atoms with van der Waals surface area (Å²) in [6.07, 6.45) is 2.96. The standard InChI is InChI=1S/C14H21N3O3/c1-19-13-9-11(5-6-12(13)15)10-16-20-14(18)17-7-3-2-4-8-17/h5-6,9,16H,2-4,7-8,10,15H2,1H3. The maximum atomic E-state index is 11.8. The van der Waals surface area contributed by atoms with Gasteiger partial charge in [-0.2, -0.15) is 0 Å². The van der Waals surface area contributed by atoms with E-state index in [2.05, 4.69) is 5.48 Å². The van der Waals surface area contributed by atoms with Crippen LogP contribution in [0.3, 0.4) is 0 Å². The van der Waals surface area contributed by atoms with Crippen molar-refractivity contribution in [1.82, 2.24) is 10.4 Å². The molecule has 0 spiro atoms. The predicted molar refractivity (Wildman–Crippen MR) is 76.2 cm³/mol. The molecule has 6 nitrogen and oxygen atoms in total. The molecule has 0 aromatic heterocycles. The summed E-state index contributed by atoms with van der Waals surface area (Å²) in [5.74, 6) is 0.617. The molecule has 1 fully saturated rings. The van der Waals surface area contributed by atoms with Gasteiger partial charge < -0.3 is 20.2 Å². The van der Waals surface area contributed by atoms with E-state index in [0.29, 0.717) is 18.0 Å². The van der Waals surface area contributed by atoms with E-state index >= 15 is 0 Å². The van der Waals surface area contributed by atoms with Gasteiger partial charge in [-0.25, -0.2) is 4.79 Å². The van der Waals surface area contributed by atoms with Crippen molar-refractivity contribution in [2.24, 2.45) is 0 Å². The van der Waals surface area contributed by atoms with Crippen molar-refractivity contribution >= 4 is 11.8 Å². The molecule has 0 radical (unpaired) electrons. The SMILES string of the molecule is COc1cc(CNOC(=O)N2CCCCC2)ccc1N. The quantitative estimate of drug-likeness (QED) is 0.650. The van der Waals surface area contributed by atoms with E-state index in [0.717, 1.165) is 31.5 Å². The smallest absolute Gasteiger partial charge is 0.428 e. The molecule has 0 atom stereocenters. The van der Waals surface area contributed by atoms with Gasteiger partial charge in [-0.1, -0.05) is 6.07 Å². The molecule has 1 aromatic rings. The summed E-state index contributed by atoms with van der Waals surface area (Å²) >= 11 is 0. The first-order chi connectivity index (χ1) is 9.70. The van der Waals surface area contributed by atoms with Crippen molar-refractivity contribution in [3.05, 3.63) is 23.8 Å². The first-order valence-electron chi connectivity index (χ1n) is 6.81. The fraction of sp³-hybridized carbons (Fsp3) is 0.500. The Hall–Kier alpha value is -1.95. The van der Waals surface area contributed by atoms with E-state index in [1.165, 1.54) is 6.42 Å². The number of carbonyl (C=O) groups excluding carboxylic acids is 1. The fourth-order valence-corrected chi connectivity index (χ4v) is 2.19. The third-order valence-electron chi connectivity index (χ3n) is 3.35. The van der Waals surface area contributed by atoms with E-state index in [1.54, 1.807) is 18.1 Å². The third kappa shape index (κ3) is 3.77. The zero-order chi connectivity index (χ0) is 14.4. The number of nitrogens with one attached hydrogen (secondary N) is 1. The normalized spacial score (nSPS) is 14.9. The van der Waals surface area contributed by atoms with Gasteiger partial charge in [0.2, 0.25) is 0 Å². The van der Waals surface area contributed by atoms with Crippen LogP contribution in [0.1, 0.15) is 24.8 Å². The molecule has 6 heteroatoms. The topological polar surface area (TPSA) is 76.8 Å². The summed E-state index contributed by atoms with van der Waals surface area (Å²) in [5, 5.41) is 0. The molecule has 2 rings (SSSR count). The molecule has 0 bridgehead atoms. The van der Waals surface area contributed by atoms with Gasteiger partial charge in [0.1, 0.15) is 5.75 Å². The molecule has 3 N–H and O–H groups in total. The van der Waals surface area contributed by atoms with E-state index in [-0.39, 0.29) is 6.09 Å². The lowest BCUT2D eigenvalue weighted by atomic mass is 10.1. The minimum absolute atomic E-state index is 0.313. The van der Waals surface area contributed by atoms with Gasteiger partial charge in [0, 0.05) is 13.1 Å². The Morgan fingerprint density at radius 3 is 2.80 bits per heavy atom. The summed E-state index contributed by atoms with van der Waals surface area (Å²) in [6.45, 7) is 1.96. The van der Waals surface area contributed by atoms with Gasteiger partial charge in [0.25, 0.3) is 0 Å². The molecule has 1 aromatic carbocycles. The first kappa shape index (κ1) is 14.5. The number of carbonyl (C=O) groups is 1. The fourth-order valence-electron chi connectivity index (χ4n) is 2.19. The second-order valence-corrected chi connectivity index (χ2v) is 4.81. The lowest BCUT2D eigenvalue weighted by Crippen LogP contribution is -2.38. The molecule has 0 saturated carbocycles. The van der Waals surface area contributed by atoms with Crippen molar-refractivity contribution in [3.8, 4) is 5.75 Å². The predicted octanol–water partition coefficient (Wildman–Crippen LogP) is 1.90. The van der Waals surface area contributed by atoms with Crippen LogP contribution < -0.4 is 16.0 Å². The highest BCUT2D eigenvalue weighted by molar-refractivity contribution is 5.67. The molecule has 1 saturated heterocycles. The number of nitrogens with zero attached hydrogens (tertiary/aromatic N) is 1. The Morgan fingerprint density at radius 2 is 2.10 bits per heavy atom. The van der Waals surface area contributed by atoms with Crippen LogP contribution in [0.4, 0.5) is 10.5 Å². The van der Waals surface area contributed by atoms with Crippen LogP contribution in [-0.2, 0) is 11.4 Å². The molecular weight excluding hydrogens is 258 g/mol. The molecule has 1 amide bonds. The average Bonchev–Trinajstić information content (AvgIpc) is 2.49. The Kier molecular flexibility index (Phi) is 5.06. The summed E-state index contributed by atoms with van der Waals surface area (Å²) in [5.41, 5.74) is 9.94. The number of nitrogens with two attached hydrogens (primary N) is 1. The van der Waals surface area contributed by atoms with Crippen molar-refractivity contribution in [1.29, 1.82) is 0 Å². The zero-order valence-corrected chi connectivity index (χ0v) is 11.7. The lowest BCUT2D eigenvalue weighted by Gasteiger charge is -2.25. The van der Waals surface area contributed by atoms with Crippen molar-refractivity contribution in [2.45, 2.75) is 25.8 Å². The summed E-state index contributed by atoms with van der Waals surface area (Å²) in [4.78, 5) is 18.5. The number of methoxy groups -OCH3 is 1. The number of likely N-dealkylation sites (tertiary alicyclic amines) is 1. The number of anilines is 1. The summed E-state index contributed by atoms with van der Waals surface area (Å²) < 4.78 is 5.14. The van der Waals surface area contributed by atoms with Crippen molar-refractivity contribution < 1.29 is 14.4 Å². The second-order valence-electron chi connectivity index (χ2n) is 4.81. The molecule has 110 valence electrons. The van der Waals surface area contributed by atoms with Gasteiger partial charge in [0.05, 0.1) is 19.3 Å². The number of amides is 1. The monoisotopic (exact) mass is 279 g/mol. The molecule has 20 heavy (non-hydrogen) atoms. The van der Waals surface area contributed by atoms with E-state index < -0.39 is 0 Å². The number of hydroxylamine groups is 1. The molecular formula is C14H21N3O3. The summed E-state index contributed by atoms with van der Waals surface area (Å²) in [6, 6.07) is 5.44. The first-order valence-corrected chi connectivity index (χ1v) is 6.81. The van der Waals surface area contributed by atoms with Crippen molar-refractivity contribution in [3.63, 3.8) is 0 Å². The largest absolute Gasteiger partial charge is 0.495 e. The minimum atomic E-state index is -0.313. The minimum Gasteiger partial charge on any atom is -0.495 e. The molecule has 1 aliphatic heterocycles. The number of nitrogen functional groups attached to an aromatic ring is 1. The maximum absolute atomic E-state index is 11.8. The van der Waals surface area contributed by atoms with Crippen LogP contribution >= 0.6 is 0 Å². The molecule has 0 aliphatic carbocycles. The summed E-state index contributed by atoms with van der Waals surface area (Å²) in [7, 11) is 1.57.